The average Bonchev–Trinajstić information content (AvgIpc) is 3.95. The number of nitrogens with two attached hydrogens (primary N) is 3. The number of amides is 8. The molecule has 21 nitrogen and oxygen atoms in total. The third kappa shape index (κ3) is 16.3. The molecule has 0 radical (unpaired) electrons. The number of carboxylic acids is 1. The first kappa shape index (κ1) is 52.4. The van der Waals surface area contributed by atoms with Crippen LogP contribution in [-0.2, 0) is 49.6 Å². The second kappa shape index (κ2) is 26.0. The molecule has 2 fully saturated rings. The maximum absolute atomic E-state index is 14.1. The number of hydrogen-bond acceptors (Lipinski definition) is 11. The number of guanidine groups is 1. The molecular formula is C42H65N11O10S. The molecule has 0 saturated carbocycles. The van der Waals surface area contributed by atoms with E-state index in [1.54, 1.807) is 50.4 Å². The van der Waals surface area contributed by atoms with E-state index in [4.69, 9.17) is 17.2 Å². The predicted molar refractivity (Wildman–Crippen MR) is 239 cm³/mol. The molecule has 2 heterocycles. The number of aliphatic imine (C=N–C) groups is 1. The lowest BCUT2D eigenvalue weighted by Gasteiger charge is -2.31. The van der Waals surface area contributed by atoms with E-state index in [1.807, 2.05) is 0 Å². The van der Waals surface area contributed by atoms with Crippen molar-refractivity contribution < 1.29 is 48.3 Å². The molecule has 0 spiro atoms. The third-order valence-corrected chi connectivity index (χ3v) is 11.7. The fourth-order valence-electron chi connectivity index (χ4n) is 7.64. The van der Waals surface area contributed by atoms with Crippen LogP contribution < -0.4 is 43.8 Å². The number of carbonyl (C=O) groups is 9. The smallest absolute Gasteiger partial charge is 0.326 e. The van der Waals surface area contributed by atoms with Gasteiger partial charge in [0.15, 0.2) is 5.96 Å². The van der Waals surface area contributed by atoms with E-state index in [-0.39, 0.29) is 75.8 Å². The van der Waals surface area contributed by atoms with Crippen LogP contribution in [-0.4, -0.2) is 148 Å². The van der Waals surface area contributed by atoms with E-state index in [9.17, 15) is 48.3 Å². The molecule has 0 aromatic heterocycles. The van der Waals surface area contributed by atoms with Crippen LogP contribution in [0.4, 0.5) is 0 Å². The van der Waals surface area contributed by atoms with Crippen molar-refractivity contribution in [1.82, 2.24) is 36.4 Å². The first-order valence-corrected chi connectivity index (χ1v) is 22.9. The fraction of sp³-hybridized carbons (Fsp3) is 0.619. The zero-order valence-electron chi connectivity index (χ0n) is 37.0. The molecule has 0 aliphatic carbocycles. The SMILES string of the molecule is CSCC[C@H](NC(=O)[C@@H](NC(=O)[C@H](CCCN=C(N)N)NC(=O)[C@H](CCC(N)=O)NC(=O)[C@@H]1CCCN1C(=O)[C@@H]1CCCN1C(C)=O)C(C)C)C(=O)N[C@@H](Cc1ccccc1)C(=O)O. The molecule has 0 bridgehead atoms. The number of primary amides is 1. The Bertz CT molecular complexity index is 1850. The van der Waals surface area contributed by atoms with Gasteiger partial charge in [0.2, 0.25) is 47.3 Å². The van der Waals surface area contributed by atoms with Crippen LogP contribution in [0.3, 0.4) is 0 Å². The van der Waals surface area contributed by atoms with Crippen LogP contribution in [0.1, 0.15) is 84.1 Å². The van der Waals surface area contributed by atoms with E-state index in [0.717, 1.165) is 0 Å². The van der Waals surface area contributed by atoms with E-state index in [2.05, 4.69) is 31.6 Å². The van der Waals surface area contributed by atoms with Crippen LogP contribution in [0.15, 0.2) is 35.3 Å². The van der Waals surface area contributed by atoms with Gasteiger partial charge in [-0.15, -0.1) is 0 Å². The number of hydrogen-bond donors (Lipinski definition) is 9. The van der Waals surface area contributed by atoms with E-state index < -0.39 is 89.6 Å². The molecule has 7 atom stereocenters. The van der Waals surface area contributed by atoms with Gasteiger partial charge in [0.1, 0.15) is 42.3 Å². The molecule has 3 rings (SSSR count). The van der Waals surface area contributed by atoms with Crippen LogP contribution in [0.2, 0.25) is 0 Å². The van der Waals surface area contributed by atoms with E-state index >= 15 is 0 Å². The zero-order valence-corrected chi connectivity index (χ0v) is 37.8. The summed E-state index contributed by atoms with van der Waals surface area (Å²) < 4.78 is 0. The van der Waals surface area contributed by atoms with Gasteiger partial charge in [0.25, 0.3) is 0 Å². The standard InChI is InChI=1S/C42H65N11O10S/c1-24(2)34(39(60)49-29(18-22-64-4)36(57)50-30(41(62)63)23-26-11-6-5-7-12-26)51-37(58)27(13-8-19-46-42(44)45)47-35(56)28(16-17-33(43)55)48-38(59)31-14-9-21-53(31)40(61)32-15-10-20-52(32)25(3)54/h5-7,11-12,24,27-32,34H,8-10,13-23H2,1-4H3,(H2,43,55)(H,47,56)(H,48,59)(H,49,60)(H,50,57)(H,51,58)(H,62,63)(H4,44,45,46)/t27-,28-,29-,30-,31-,32-,34-/m0/s1. The molecule has 64 heavy (non-hydrogen) atoms. The molecule has 1 aromatic rings. The maximum atomic E-state index is 14.1. The lowest BCUT2D eigenvalue weighted by atomic mass is 10.0. The van der Waals surface area contributed by atoms with Gasteiger partial charge < -0.3 is 58.7 Å². The van der Waals surface area contributed by atoms with Crippen molar-refractivity contribution in [2.24, 2.45) is 28.1 Å². The first-order valence-electron chi connectivity index (χ1n) is 21.5. The number of rotatable bonds is 25. The number of carboxylic acid groups (broad SMARTS) is 1. The predicted octanol–water partition coefficient (Wildman–Crippen LogP) is -1.53. The van der Waals surface area contributed by atoms with Crippen molar-refractivity contribution >= 4 is 70.9 Å². The van der Waals surface area contributed by atoms with E-state index in [1.165, 1.54) is 28.5 Å². The molecule has 2 saturated heterocycles. The highest BCUT2D eigenvalue weighted by Gasteiger charge is 2.42. The molecule has 2 aliphatic heterocycles. The minimum Gasteiger partial charge on any atom is -0.480 e. The van der Waals surface area contributed by atoms with Gasteiger partial charge >= 0.3 is 5.97 Å². The third-order valence-electron chi connectivity index (χ3n) is 11.1. The second-order valence-corrected chi connectivity index (χ2v) is 17.3. The van der Waals surface area contributed by atoms with Gasteiger partial charge in [0, 0.05) is 39.4 Å². The Labute approximate surface area is 377 Å². The number of benzene rings is 1. The van der Waals surface area contributed by atoms with Gasteiger partial charge in [-0.2, -0.15) is 11.8 Å². The topological polar surface area (TPSA) is 331 Å². The summed E-state index contributed by atoms with van der Waals surface area (Å²) in [5, 5.41) is 23.1. The first-order chi connectivity index (χ1) is 30.3. The van der Waals surface area contributed by atoms with Crippen LogP contribution in [0.5, 0.6) is 0 Å². The Morgan fingerprint density at radius 1 is 0.750 bits per heavy atom. The Kier molecular flexibility index (Phi) is 21.3. The molecule has 22 heteroatoms. The average molecular weight is 916 g/mol. The highest BCUT2D eigenvalue weighted by molar-refractivity contribution is 7.98. The largest absolute Gasteiger partial charge is 0.480 e. The van der Waals surface area contributed by atoms with Crippen molar-refractivity contribution in [2.45, 2.75) is 127 Å². The summed E-state index contributed by atoms with van der Waals surface area (Å²) in [7, 11) is 0. The molecule has 1 aromatic carbocycles. The lowest BCUT2D eigenvalue weighted by molar-refractivity contribution is -0.146. The summed E-state index contributed by atoms with van der Waals surface area (Å²) in [6, 6.07) is 0.636. The Morgan fingerprint density at radius 3 is 1.89 bits per heavy atom. The van der Waals surface area contributed by atoms with Crippen LogP contribution >= 0.6 is 11.8 Å². The Morgan fingerprint density at radius 2 is 1.31 bits per heavy atom. The summed E-state index contributed by atoms with van der Waals surface area (Å²) in [5.41, 5.74) is 17.1. The number of likely N-dealkylation sites (tertiary alicyclic amines) is 2. The number of aliphatic carboxylic acids is 1. The molecule has 2 aliphatic rings. The van der Waals surface area contributed by atoms with Gasteiger partial charge in [-0.1, -0.05) is 44.2 Å². The summed E-state index contributed by atoms with van der Waals surface area (Å²) in [4.78, 5) is 126. The lowest BCUT2D eigenvalue weighted by Crippen LogP contribution is -2.60. The summed E-state index contributed by atoms with van der Waals surface area (Å²) in [6.45, 7) is 5.46. The van der Waals surface area contributed by atoms with Crippen molar-refractivity contribution in [2.75, 3.05) is 31.6 Å². The Hall–Kier alpha value is -5.93. The minimum absolute atomic E-state index is 0.000653. The molecular weight excluding hydrogens is 851 g/mol. The normalized spacial score (nSPS) is 18.1. The van der Waals surface area contributed by atoms with Crippen LogP contribution in [0.25, 0.3) is 0 Å². The number of carbonyl (C=O) groups excluding carboxylic acids is 8. The second-order valence-electron chi connectivity index (χ2n) is 16.3. The maximum Gasteiger partial charge on any atom is 0.326 e. The number of nitrogens with zero attached hydrogens (tertiary/aromatic N) is 3. The summed E-state index contributed by atoms with van der Waals surface area (Å²) in [6.07, 6.45) is 3.39. The summed E-state index contributed by atoms with van der Waals surface area (Å²) in [5.74, 6) is -6.75. The van der Waals surface area contributed by atoms with E-state index in [0.29, 0.717) is 37.1 Å². The van der Waals surface area contributed by atoms with Gasteiger partial charge in [-0.3, -0.25) is 43.3 Å². The highest BCUT2D eigenvalue weighted by atomic mass is 32.2. The molecule has 12 N–H and O–H groups in total. The molecule has 354 valence electrons. The van der Waals surface area contributed by atoms with Crippen molar-refractivity contribution in [3.8, 4) is 0 Å². The number of nitrogens with one attached hydrogen (secondary N) is 5. The van der Waals surface area contributed by atoms with Crippen molar-refractivity contribution in [3.05, 3.63) is 35.9 Å². The molecule has 0 unspecified atom stereocenters. The zero-order chi connectivity index (χ0) is 47.5. The van der Waals surface area contributed by atoms with Gasteiger partial charge in [-0.05, 0) is 74.9 Å². The van der Waals surface area contributed by atoms with Gasteiger partial charge in [-0.25, -0.2) is 4.79 Å². The quantitative estimate of drug-likeness (QED) is 0.0306. The van der Waals surface area contributed by atoms with Crippen LogP contribution in [0, 0.1) is 5.92 Å². The highest BCUT2D eigenvalue weighted by Crippen LogP contribution is 2.25. The molecule has 8 amide bonds. The Balaban J connectivity index is 1.81. The summed E-state index contributed by atoms with van der Waals surface area (Å²) >= 11 is 1.41. The van der Waals surface area contributed by atoms with Gasteiger partial charge in [0.05, 0.1) is 0 Å². The monoisotopic (exact) mass is 915 g/mol. The van der Waals surface area contributed by atoms with Crippen molar-refractivity contribution in [1.29, 1.82) is 0 Å². The fourth-order valence-corrected chi connectivity index (χ4v) is 8.11. The number of thioether (sulfide) groups is 1. The van der Waals surface area contributed by atoms with Crippen molar-refractivity contribution in [3.63, 3.8) is 0 Å². The minimum atomic E-state index is -1.39.